The SMILES string of the molecule is CC(C)(C)OC(=O)NCc1ccc(C(=O)N2CCNC(=O)C2)cc1. The van der Waals surface area contributed by atoms with Crippen LogP contribution >= 0.6 is 0 Å². The number of ether oxygens (including phenoxy) is 1. The van der Waals surface area contributed by atoms with Gasteiger partial charge in [-0.2, -0.15) is 0 Å². The summed E-state index contributed by atoms with van der Waals surface area (Å²) >= 11 is 0. The predicted octanol–water partition coefficient (Wildman–Crippen LogP) is 1.28. The fourth-order valence-corrected chi connectivity index (χ4v) is 2.25. The van der Waals surface area contributed by atoms with E-state index in [4.69, 9.17) is 4.74 Å². The number of benzene rings is 1. The lowest BCUT2D eigenvalue weighted by Gasteiger charge is -2.26. The van der Waals surface area contributed by atoms with Crippen molar-refractivity contribution in [3.63, 3.8) is 0 Å². The molecule has 0 radical (unpaired) electrons. The van der Waals surface area contributed by atoms with Crippen LogP contribution in [-0.2, 0) is 16.1 Å². The molecule has 1 aromatic rings. The van der Waals surface area contributed by atoms with E-state index in [1.807, 2.05) is 0 Å². The smallest absolute Gasteiger partial charge is 0.407 e. The van der Waals surface area contributed by atoms with Crippen LogP contribution in [0.2, 0.25) is 0 Å². The van der Waals surface area contributed by atoms with E-state index in [1.54, 1.807) is 45.0 Å². The van der Waals surface area contributed by atoms with E-state index in [-0.39, 0.29) is 18.4 Å². The average molecular weight is 333 g/mol. The van der Waals surface area contributed by atoms with Crippen molar-refractivity contribution in [1.29, 1.82) is 0 Å². The summed E-state index contributed by atoms with van der Waals surface area (Å²) in [6.07, 6.45) is -0.484. The summed E-state index contributed by atoms with van der Waals surface area (Å²) in [7, 11) is 0. The number of piperazine rings is 1. The summed E-state index contributed by atoms with van der Waals surface area (Å²) in [5.41, 5.74) is 0.834. The van der Waals surface area contributed by atoms with E-state index in [9.17, 15) is 14.4 Å². The molecule has 7 nitrogen and oxygen atoms in total. The van der Waals surface area contributed by atoms with Gasteiger partial charge in [-0.1, -0.05) is 12.1 Å². The van der Waals surface area contributed by atoms with Crippen LogP contribution < -0.4 is 10.6 Å². The van der Waals surface area contributed by atoms with Gasteiger partial charge in [-0.05, 0) is 38.5 Å². The molecule has 7 heteroatoms. The topological polar surface area (TPSA) is 87.7 Å². The van der Waals surface area contributed by atoms with Crippen molar-refractivity contribution in [3.05, 3.63) is 35.4 Å². The Kier molecular flexibility index (Phi) is 5.43. The third kappa shape index (κ3) is 5.26. The standard InChI is InChI=1S/C17H23N3O4/c1-17(2,3)24-16(23)19-10-12-4-6-13(7-5-12)15(22)20-9-8-18-14(21)11-20/h4-7H,8-11H2,1-3H3,(H,18,21)(H,19,23). The lowest BCUT2D eigenvalue weighted by Crippen LogP contribution is -2.49. The Morgan fingerprint density at radius 2 is 1.92 bits per heavy atom. The van der Waals surface area contributed by atoms with Crippen molar-refractivity contribution >= 4 is 17.9 Å². The van der Waals surface area contributed by atoms with Crippen molar-refractivity contribution in [3.8, 4) is 0 Å². The van der Waals surface area contributed by atoms with Crippen LogP contribution in [0.3, 0.4) is 0 Å². The first-order valence-corrected chi connectivity index (χ1v) is 7.86. The zero-order chi connectivity index (χ0) is 17.7. The van der Waals surface area contributed by atoms with E-state index in [2.05, 4.69) is 10.6 Å². The number of carbonyl (C=O) groups excluding carboxylic acids is 3. The summed E-state index contributed by atoms with van der Waals surface area (Å²) in [4.78, 5) is 36.8. The maximum Gasteiger partial charge on any atom is 0.407 e. The summed E-state index contributed by atoms with van der Waals surface area (Å²) in [6.45, 7) is 6.78. The molecule has 0 saturated carbocycles. The quantitative estimate of drug-likeness (QED) is 0.872. The molecule has 1 saturated heterocycles. The number of carbonyl (C=O) groups is 3. The summed E-state index contributed by atoms with van der Waals surface area (Å²) in [5.74, 6) is -0.315. The molecule has 1 aliphatic rings. The number of hydrogen-bond donors (Lipinski definition) is 2. The molecule has 1 aromatic carbocycles. The first kappa shape index (κ1) is 17.8. The number of alkyl carbamates (subject to hydrolysis) is 1. The Balaban J connectivity index is 1.89. The van der Waals surface area contributed by atoms with Gasteiger partial charge >= 0.3 is 6.09 Å². The highest BCUT2D eigenvalue weighted by Crippen LogP contribution is 2.10. The maximum atomic E-state index is 12.3. The van der Waals surface area contributed by atoms with Gasteiger partial charge in [0.25, 0.3) is 5.91 Å². The molecule has 0 spiro atoms. The minimum absolute atomic E-state index is 0.0841. The van der Waals surface area contributed by atoms with Crippen LogP contribution in [0.15, 0.2) is 24.3 Å². The van der Waals surface area contributed by atoms with E-state index in [1.165, 1.54) is 4.90 Å². The Labute approximate surface area is 141 Å². The van der Waals surface area contributed by atoms with Gasteiger partial charge < -0.3 is 20.3 Å². The van der Waals surface area contributed by atoms with Crippen LogP contribution in [0.25, 0.3) is 0 Å². The van der Waals surface area contributed by atoms with Crippen molar-refractivity contribution < 1.29 is 19.1 Å². The average Bonchev–Trinajstić information content (AvgIpc) is 2.51. The maximum absolute atomic E-state index is 12.3. The lowest BCUT2D eigenvalue weighted by molar-refractivity contribution is -0.123. The minimum atomic E-state index is -0.541. The minimum Gasteiger partial charge on any atom is -0.444 e. The molecule has 3 amide bonds. The van der Waals surface area contributed by atoms with Gasteiger partial charge in [0, 0.05) is 25.2 Å². The Morgan fingerprint density at radius 3 is 2.50 bits per heavy atom. The molecule has 130 valence electrons. The molecule has 0 aromatic heterocycles. The van der Waals surface area contributed by atoms with Gasteiger partial charge in [-0.3, -0.25) is 9.59 Å². The first-order valence-electron chi connectivity index (χ1n) is 7.86. The zero-order valence-corrected chi connectivity index (χ0v) is 14.2. The number of nitrogens with zero attached hydrogens (tertiary/aromatic N) is 1. The van der Waals surface area contributed by atoms with Gasteiger partial charge in [0.15, 0.2) is 0 Å². The first-order chi connectivity index (χ1) is 11.2. The normalized spacial score (nSPS) is 14.8. The predicted molar refractivity (Wildman–Crippen MR) is 88.4 cm³/mol. The summed E-state index contributed by atoms with van der Waals surface area (Å²) in [6, 6.07) is 6.94. The molecular weight excluding hydrogens is 310 g/mol. The van der Waals surface area contributed by atoms with Crippen LogP contribution in [0.5, 0.6) is 0 Å². The second-order valence-electron chi connectivity index (χ2n) is 6.63. The number of amides is 3. The van der Waals surface area contributed by atoms with Crippen LogP contribution in [0, 0.1) is 0 Å². The fourth-order valence-electron chi connectivity index (χ4n) is 2.25. The van der Waals surface area contributed by atoms with E-state index < -0.39 is 11.7 Å². The number of nitrogens with one attached hydrogen (secondary N) is 2. The molecule has 0 atom stereocenters. The van der Waals surface area contributed by atoms with Gasteiger partial charge in [0.05, 0.1) is 6.54 Å². The summed E-state index contributed by atoms with van der Waals surface area (Å²) < 4.78 is 5.16. The zero-order valence-electron chi connectivity index (χ0n) is 14.2. The second-order valence-corrected chi connectivity index (χ2v) is 6.63. The molecule has 1 aliphatic heterocycles. The molecule has 2 N–H and O–H groups in total. The Bertz CT molecular complexity index is 620. The molecule has 1 heterocycles. The molecule has 1 fully saturated rings. The van der Waals surface area contributed by atoms with Crippen LogP contribution in [0.4, 0.5) is 4.79 Å². The largest absolute Gasteiger partial charge is 0.444 e. The van der Waals surface area contributed by atoms with Gasteiger partial charge in [-0.25, -0.2) is 4.79 Å². The monoisotopic (exact) mass is 333 g/mol. The van der Waals surface area contributed by atoms with Gasteiger partial charge in [-0.15, -0.1) is 0 Å². The fraction of sp³-hybridized carbons (Fsp3) is 0.471. The molecule has 0 unspecified atom stereocenters. The Morgan fingerprint density at radius 1 is 1.25 bits per heavy atom. The lowest BCUT2D eigenvalue weighted by atomic mass is 10.1. The third-order valence-corrected chi connectivity index (χ3v) is 3.36. The molecule has 2 rings (SSSR count). The molecule has 24 heavy (non-hydrogen) atoms. The van der Waals surface area contributed by atoms with Crippen molar-refractivity contribution in [1.82, 2.24) is 15.5 Å². The molecule has 0 aliphatic carbocycles. The van der Waals surface area contributed by atoms with Gasteiger partial charge in [0.1, 0.15) is 5.60 Å². The highest BCUT2D eigenvalue weighted by atomic mass is 16.6. The van der Waals surface area contributed by atoms with Crippen molar-refractivity contribution in [2.75, 3.05) is 19.6 Å². The van der Waals surface area contributed by atoms with E-state index in [0.717, 1.165) is 5.56 Å². The van der Waals surface area contributed by atoms with Crippen LogP contribution in [-0.4, -0.2) is 48.0 Å². The highest BCUT2D eigenvalue weighted by Gasteiger charge is 2.22. The third-order valence-electron chi connectivity index (χ3n) is 3.36. The van der Waals surface area contributed by atoms with Crippen LogP contribution in [0.1, 0.15) is 36.7 Å². The molecular formula is C17H23N3O4. The van der Waals surface area contributed by atoms with Crippen molar-refractivity contribution in [2.24, 2.45) is 0 Å². The van der Waals surface area contributed by atoms with Gasteiger partial charge in [0.2, 0.25) is 5.91 Å². The van der Waals surface area contributed by atoms with E-state index in [0.29, 0.717) is 25.2 Å². The second kappa shape index (κ2) is 7.33. The Hall–Kier alpha value is -2.57. The summed E-state index contributed by atoms with van der Waals surface area (Å²) in [5, 5.41) is 5.35. The number of hydrogen-bond acceptors (Lipinski definition) is 4. The molecule has 0 bridgehead atoms. The number of rotatable bonds is 3. The van der Waals surface area contributed by atoms with Crippen molar-refractivity contribution in [2.45, 2.75) is 32.9 Å². The highest BCUT2D eigenvalue weighted by molar-refractivity contribution is 5.97. The van der Waals surface area contributed by atoms with E-state index >= 15 is 0 Å².